The molecule has 1 aromatic carbocycles. The van der Waals surface area contributed by atoms with Crippen LogP contribution in [0.5, 0.6) is 0 Å². The molecule has 0 aliphatic heterocycles. The number of rotatable bonds is 6. The molecular formula is C12H19FN2O2S. The fraction of sp³-hybridized carbons (Fsp3) is 0.500. The number of anilines is 1. The highest BCUT2D eigenvalue weighted by Crippen LogP contribution is 2.21. The molecule has 0 amide bonds. The quantitative estimate of drug-likeness (QED) is 0.859. The lowest BCUT2D eigenvalue weighted by Gasteiger charge is -2.27. The molecule has 0 aliphatic rings. The fourth-order valence-electron chi connectivity index (χ4n) is 1.80. The number of nitrogens with two attached hydrogens (primary N) is 1. The van der Waals surface area contributed by atoms with Crippen molar-refractivity contribution in [1.29, 1.82) is 0 Å². The Labute approximate surface area is 108 Å². The van der Waals surface area contributed by atoms with E-state index >= 15 is 0 Å². The van der Waals surface area contributed by atoms with Gasteiger partial charge in [-0.1, -0.05) is 6.92 Å². The molecule has 18 heavy (non-hydrogen) atoms. The van der Waals surface area contributed by atoms with Crippen molar-refractivity contribution in [2.75, 3.05) is 17.4 Å². The van der Waals surface area contributed by atoms with Crippen LogP contribution in [0.4, 0.5) is 10.1 Å². The second-order valence-corrected chi connectivity index (χ2v) is 6.09. The van der Waals surface area contributed by atoms with E-state index in [4.69, 9.17) is 5.73 Å². The fourth-order valence-corrected chi connectivity index (χ4v) is 3.60. The lowest BCUT2D eigenvalue weighted by atomic mass is 10.3. The molecular weight excluding hydrogens is 255 g/mol. The van der Waals surface area contributed by atoms with Gasteiger partial charge in [-0.3, -0.25) is 4.31 Å². The zero-order valence-electron chi connectivity index (χ0n) is 10.6. The minimum atomic E-state index is -3.49. The Kier molecular flexibility index (Phi) is 5.10. The number of halogens is 1. The molecule has 1 atom stereocenters. The Morgan fingerprint density at radius 2 is 1.83 bits per heavy atom. The van der Waals surface area contributed by atoms with Crippen LogP contribution >= 0.6 is 0 Å². The summed E-state index contributed by atoms with van der Waals surface area (Å²) in [5.74, 6) is -0.391. The summed E-state index contributed by atoms with van der Waals surface area (Å²) in [5.41, 5.74) is 5.96. The van der Waals surface area contributed by atoms with Crippen LogP contribution < -0.4 is 10.0 Å². The van der Waals surface area contributed by atoms with Crippen LogP contribution in [-0.4, -0.2) is 26.8 Å². The lowest BCUT2D eigenvalue weighted by Crippen LogP contribution is -2.42. The second-order valence-electron chi connectivity index (χ2n) is 3.95. The zero-order chi connectivity index (χ0) is 13.8. The van der Waals surface area contributed by atoms with E-state index in [-0.39, 0.29) is 6.54 Å². The van der Waals surface area contributed by atoms with E-state index in [1.807, 2.05) is 0 Å². The Hall–Kier alpha value is -1.14. The summed E-state index contributed by atoms with van der Waals surface area (Å²) in [7, 11) is -3.49. The molecule has 0 spiro atoms. The van der Waals surface area contributed by atoms with Crippen LogP contribution in [-0.2, 0) is 10.0 Å². The summed E-state index contributed by atoms with van der Waals surface area (Å²) >= 11 is 0. The van der Waals surface area contributed by atoms with E-state index in [0.717, 1.165) is 0 Å². The summed E-state index contributed by atoms with van der Waals surface area (Å²) in [6, 6.07) is 5.41. The number of sulfonamides is 1. The van der Waals surface area contributed by atoms with Crippen molar-refractivity contribution >= 4 is 15.7 Å². The molecule has 0 saturated carbocycles. The molecule has 0 fully saturated rings. The van der Waals surface area contributed by atoms with Gasteiger partial charge in [0.05, 0.1) is 10.9 Å². The van der Waals surface area contributed by atoms with Crippen molar-refractivity contribution in [3.63, 3.8) is 0 Å². The van der Waals surface area contributed by atoms with Gasteiger partial charge in [0.1, 0.15) is 5.82 Å². The monoisotopic (exact) mass is 274 g/mol. The van der Waals surface area contributed by atoms with Crippen LogP contribution in [0.1, 0.15) is 20.3 Å². The van der Waals surface area contributed by atoms with Crippen molar-refractivity contribution in [2.24, 2.45) is 5.73 Å². The van der Waals surface area contributed by atoms with Crippen molar-refractivity contribution in [3.8, 4) is 0 Å². The van der Waals surface area contributed by atoms with Crippen LogP contribution in [0.25, 0.3) is 0 Å². The maximum atomic E-state index is 12.9. The molecule has 102 valence electrons. The summed E-state index contributed by atoms with van der Waals surface area (Å²) in [4.78, 5) is 0. The topological polar surface area (TPSA) is 63.4 Å². The van der Waals surface area contributed by atoms with Gasteiger partial charge in [0.15, 0.2) is 0 Å². The predicted molar refractivity (Wildman–Crippen MR) is 71.5 cm³/mol. The molecule has 0 aliphatic carbocycles. The Balaban J connectivity index is 3.13. The largest absolute Gasteiger partial charge is 0.329 e. The first-order valence-electron chi connectivity index (χ1n) is 5.94. The van der Waals surface area contributed by atoms with Gasteiger partial charge in [-0.05, 0) is 37.6 Å². The molecule has 1 rings (SSSR count). The Bertz CT molecular complexity index is 469. The summed E-state index contributed by atoms with van der Waals surface area (Å²) in [6.45, 7) is 3.90. The highest BCUT2D eigenvalue weighted by atomic mass is 32.2. The number of hydrogen-bond donors (Lipinski definition) is 1. The molecule has 6 heteroatoms. The lowest BCUT2D eigenvalue weighted by molar-refractivity contribution is 0.571. The van der Waals surface area contributed by atoms with Crippen molar-refractivity contribution < 1.29 is 12.8 Å². The molecule has 2 N–H and O–H groups in total. The molecule has 0 heterocycles. The van der Waals surface area contributed by atoms with Crippen LogP contribution in [0.3, 0.4) is 0 Å². The zero-order valence-corrected chi connectivity index (χ0v) is 11.5. The molecule has 4 nitrogen and oxygen atoms in total. The van der Waals surface area contributed by atoms with Crippen molar-refractivity contribution in [3.05, 3.63) is 30.1 Å². The van der Waals surface area contributed by atoms with Crippen LogP contribution in [0.2, 0.25) is 0 Å². The van der Waals surface area contributed by atoms with Gasteiger partial charge in [0.25, 0.3) is 0 Å². The molecule has 1 aromatic rings. The first-order valence-corrected chi connectivity index (χ1v) is 7.44. The Morgan fingerprint density at radius 3 is 2.22 bits per heavy atom. The van der Waals surface area contributed by atoms with Gasteiger partial charge in [-0.25, -0.2) is 12.8 Å². The summed E-state index contributed by atoms with van der Waals surface area (Å²) in [6.07, 6.45) is 0.455. The second kappa shape index (κ2) is 6.15. The van der Waals surface area contributed by atoms with Crippen molar-refractivity contribution in [1.82, 2.24) is 0 Å². The van der Waals surface area contributed by atoms with E-state index < -0.39 is 21.1 Å². The van der Waals surface area contributed by atoms with E-state index in [2.05, 4.69) is 0 Å². The number of hydrogen-bond acceptors (Lipinski definition) is 3. The van der Waals surface area contributed by atoms with Gasteiger partial charge in [-0.15, -0.1) is 0 Å². The van der Waals surface area contributed by atoms with Gasteiger partial charge >= 0.3 is 0 Å². The number of nitrogens with zero attached hydrogens (tertiary/aromatic N) is 1. The molecule has 0 aromatic heterocycles. The SMILES string of the molecule is CCC(CN)S(=O)(=O)N(CC)c1ccc(F)cc1. The highest BCUT2D eigenvalue weighted by molar-refractivity contribution is 7.93. The predicted octanol–water partition coefficient (Wildman–Crippen LogP) is 1.72. The van der Waals surface area contributed by atoms with Crippen molar-refractivity contribution in [2.45, 2.75) is 25.5 Å². The van der Waals surface area contributed by atoms with E-state index in [9.17, 15) is 12.8 Å². The van der Waals surface area contributed by atoms with E-state index in [0.29, 0.717) is 18.7 Å². The van der Waals surface area contributed by atoms with Gasteiger partial charge in [0.2, 0.25) is 10.0 Å². The average Bonchev–Trinajstić information content (AvgIpc) is 2.33. The minimum Gasteiger partial charge on any atom is -0.329 e. The third-order valence-electron chi connectivity index (χ3n) is 2.85. The molecule has 1 unspecified atom stereocenters. The standard InChI is InChI=1S/C12H19FN2O2S/c1-3-12(9-14)18(16,17)15(4-2)11-7-5-10(13)6-8-11/h5-8,12H,3-4,9,14H2,1-2H3. The normalized spacial score (nSPS) is 13.3. The maximum Gasteiger partial charge on any atom is 0.239 e. The summed E-state index contributed by atoms with van der Waals surface area (Å²) in [5, 5.41) is -0.609. The molecule has 0 bridgehead atoms. The van der Waals surface area contributed by atoms with Gasteiger partial charge < -0.3 is 5.73 Å². The molecule has 0 radical (unpaired) electrons. The molecule has 0 saturated heterocycles. The third-order valence-corrected chi connectivity index (χ3v) is 5.30. The van der Waals surface area contributed by atoms with E-state index in [1.165, 1.54) is 28.6 Å². The maximum absolute atomic E-state index is 12.9. The smallest absolute Gasteiger partial charge is 0.239 e. The highest BCUT2D eigenvalue weighted by Gasteiger charge is 2.29. The summed E-state index contributed by atoms with van der Waals surface area (Å²) < 4.78 is 38.8. The number of benzene rings is 1. The van der Waals surface area contributed by atoms with Gasteiger partial charge in [-0.2, -0.15) is 0 Å². The van der Waals surface area contributed by atoms with Crippen LogP contribution in [0, 0.1) is 5.82 Å². The minimum absolute atomic E-state index is 0.0799. The van der Waals surface area contributed by atoms with E-state index in [1.54, 1.807) is 13.8 Å². The Morgan fingerprint density at radius 1 is 1.28 bits per heavy atom. The third kappa shape index (κ3) is 3.00. The van der Waals surface area contributed by atoms with Crippen LogP contribution in [0.15, 0.2) is 24.3 Å². The van der Waals surface area contributed by atoms with Gasteiger partial charge in [0, 0.05) is 13.1 Å². The average molecular weight is 274 g/mol. The first-order chi connectivity index (χ1) is 8.47. The first kappa shape index (κ1) is 14.9.